The number of nitrogens with one attached hydrogen (secondary N) is 1. The topological polar surface area (TPSA) is 83.6 Å². The first kappa shape index (κ1) is 21.5. The highest BCUT2D eigenvalue weighted by Crippen LogP contribution is 2.44. The van der Waals surface area contributed by atoms with Gasteiger partial charge in [-0.05, 0) is 44.0 Å². The Morgan fingerprint density at radius 2 is 1.91 bits per heavy atom. The molecule has 178 valence electrons. The van der Waals surface area contributed by atoms with E-state index in [1.807, 2.05) is 62.2 Å². The minimum atomic E-state index is -0.274. The van der Waals surface area contributed by atoms with E-state index in [1.165, 1.54) is 5.56 Å². The van der Waals surface area contributed by atoms with Crippen LogP contribution in [0.15, 0.2) is 53.1 Å². The van der Waals surface area contributed by atoms with Crippen molar-refractivity contribution in [3.8, 4) is 0 Å². The molecule has 0 aliphatic carbocycles. The number of aromatic nitrogens is 2. The fourth-order valence-electron chi connectivity index (χ4n) is 5.62. The second-order valence-electron chi connectivity index (χ2n) is 9.30. The van der Waals surface area contributed by atoms with Crippen LogP contribution >= 0.6 is 0 Å². The van der Waals surface area contributed by atoms with Crippen LogP contribution in [-0.2, 0) is 24.3 Å². The molecule has 1 N–H and O–H groups in total. The van der Waals surface area contributed by atoms with E-state index in [-0.39, 0.29) is 24.5 Å². The lowest BCUT2D eigenvalue weighted by Crippen LogP contribution is -2.51. The number of hydrogen-bond donors (Lipinski definition) is 1. The Bertz CT molecular complexity index is 1460. The summed E-state index contributed by atoms with van der Waals surface area (Å²) in [5, 5.41) is 8.14. The van der Waals surface area contributed by atoms with Crippen molar-refractivity contribution in [2.45, 2.75) is 39.5 Å². The fourth-order valence-corrected chi connectivity index (χ4v) is 5.62. The molecule has 0 radical (unpaired) electrons. The molecule has 2 aliphatic heterocycles. The maximum absolute atomic E-state index is 13.4. The Kier molecular flexibility index (Phi) is 4.91. The van der Waals surface area contributed by atoms with Crippen molar-refractivity contribution >= 4 is 28.4 Å². The summed E-state index contributed by atoms with van der Waals surface area (Å²) >= 11 is 0. The number of carbonyl (C=O) groups excluding carboxylic acids is 2. The Morgan fingerprint density at radius 1 is 1.14 bits per heavy atom. The smallest absolute Gasteiger partial charge is 0.257 e. The molecule has 1 unspecified atom stereocenters. The van der Waals surface area contributed by atoms with Gasteiger partial charge in [0.05, 0.1) is 22.6 Å². The van der Waals surface area contributed by atoms with Gasteiger partial charge in [-0.15, -0.1) is 0 Å². The summed E-state index contributed by atoms with van der Waals surface area (Å²) in [6, 6.07) is 15.9. The number of amides is 2. The molecule has 2 aromatic heterocycles. The molecule has 8 nitrogen and oxygen atoms in total. The van der Waals surface area contributed by atoms with Gasteiger partial charge in [0.15, 0.2) is 0 Å². The van der Waals surface area contributed by atoms with E-state index in [1.54, 1.807) is 0 Å². The van der Waals surface area contributed by atoms with Crippen molar-refractivity contribution in [2.75, 3.05) is 18.5 Å². The number of aryl methyl sites for hydroxylation is 2. The molecule has 1 atom stereocenters. The molecule has 0 saturated heterocycles. The van der Waals surface area contributed by atoms with Crippen LogP contribution < -0.4 is 10.2 Å². The summed E-state index contributed by atoms with van der Waals surface area (Å²) in [5.41, 5.74) is 6.53. The standard InChI is InChI=1S/C27H27N5O3/c1-16-21(17(2)35-29-16)14-28-24(33)15-32-23-11-7-4-8-18(23)19-12-13-31-26(25(19)32)30(3)22-10-6-5-9-20(22)27(31)34/h4-11,26H,12-15H2,1-3H3,(H,28,33). The fraction of sp³-hybridized carbons (Fsp3) is 0.296. The lowest BCUT2D eigenvalue weighted by molar-refractivity contribution is -0.121. The molecule has 35 heavy (non-hydrogen) atoms. The van der Waals surface area contributed by atoms with Gasteiger partial charge in [-0.3, -0.25) is 9.59 Å². The third kappa shape index (κ3) is 3.24. The van der Waals surface area contributed by atoms with Gasteiger partial charge >= 0.3 is 0 Å². The van der Waals surface area contributed by atoms with Crippen molar-refractivity contribution < 1.29 is 14.1 Å². The Morgan fingerprint density at radius 3 is 2.71 bits per heavy atom. The highest BCUT2D eigenvalue weighted by molar-refractivity contribution is 6.02. The number of hydrogen-bond acceptors (Lipinski definition) is 5. The van der Waals surface area contributed by atoms with Crippen molar-refractivity contribution in [3.63, 3.8) is 0 Å². The van der Waals surface area contributed by atoms with Gasteiger partial charge in [0.25, 0.3) is 5.91 Å². The SMILES string of the molecule is Cc1noc(C)c1CNC(=O)Cn1c2c(c3ccccc31)CCN1C(=O)c3ccccc3N(C)C21. The van der Waals surface area contributed by atoms with Crippen LogP contribution in [-0.4, -0.2) is 40.0 Å². The molecule has 6 rings (SSSR count). The third-order valence-corrected chi connectivity index (χ3v) is 7.35. The molecule has 2 aliphatic rings. The zero-order chi connectivity index (χ0) is 24.3. The van der Waals surface area contributed by atoms with Crippen LogP contribution in [0.5, 0.6) is 0 Å². The number of nitrogens with zero attached hydrogens (tertiary/aromatic N) is 4. The molecule has 0 spiro atoms. The number of anilines is 1. The van der Waals surface area contributed by atoms with Gasteiger partial charge in [0.1, 0.15) is 18.5 Å². The van der Waals surface area contributed by atoms with Crippen molar-refractivity contribution in [1.29, 1.82) is 0 Å². The largest absolute Gasteiger partial charge is 0.361 e. The quantitative estimate of drug-likeness (QED) is 0.493. The van der Waals surface area contributed by atoms with E-state index < -0.39 is 0 Å². The Hall–Kier alpha value is -4.07. The number of benzene rings is 2. The molecule has 4 heterocycles. The van der Waals surface area contributed by atoms with E-state index in [0.29, 0.717) is 18.8 Å². The van der Waals surface area contributed by atoms with Crippen LogP contribution in [0.2, 0.25) is 0 Å². The van der Waals surface area contributed by atoms with Crippen molar-refractivity contribution in [1.82, 2.24) is 19.9 Å². The van der Waals surface area contributed by atoms with Gasteiger partial charge in [-0.25, -0.2) is 0 Å². The molecule has 0 fully saturated rings. The van der Waals surface area contributed by atoms with E-state index in [4.69, 9.17) is 4.52 Å². The van der Waals surface area contributed by atoms with E-state index >= 15 is 0 Å². The maximum atomic E-state index is 13.4. The second-order valence-corrected chi connectivity index (χ2v) is 9.30. The van der Waals surface area contributed by atoms with Gasteiger partial charge in [0, 0.05) is 36.6 Å². The van der Waals surface area contributed by atoms with E-state index in [0.717, 1.165) is 45.5 Å². The van der Waals surface area contributed by atoms with Gasteiger partial charge in [-0.2, -0.15) is 0 Å². The van der Waals surface area contributed by atoms with Crippen LogP contribution in [0.1, 0.15) is 44.8 Å². The molecule has 2 amide bonds. The summed E-state index contributed by atoms with van der Waals surface area (Å²) < 4.78 is 7.31. The summed E-state index contributed by atoms with van der Waals surface area (Å²) in [4.78, 5) is 30.7. The highest BCUT2D eigenvalue weighted by Gasteiger charge is 2.42. The molecular weight excluding hydrogens is 442 g/mol. The first-order valence-electron chi connectivity index (χ1n) is 11.9. The molecule has 0 bridgehead atoms. The third-order valence-electron chi connectivity index (χ3n) is 7.35. The number of fused-ring (bicyclic) bond motifs is 6. The van der Waals surface area contributed by atoms with Gasteiger partial charge in [0.2, 0.25) is 5.91 Å². The first-order valence-corrected chi connectivity index (χ1v) is 11.9. The average Bonchev–Trinajstić information content (AvgIpc) is 3.37. The molecule has 8 heteroatoms. The normalized spacial score (nSPS) is 16.8. The van der Waals surface area contributed by atoms with Crippen LogP contribution in [0, 0.1) is 13.8 Å². The predicted molar refractivity (Wildman–Crippen MR) is 132 cm³/mol. The average molecular weight is 470 g/mol. The number of para-hydroxylation sites is 2. The number of carbonyl (C=O) groups is 2. The lowest BCUT2D eigenvalue weighted by Gasteiger charge is -2.46. The monoisotopic (exact) mass is 469 g/mol. The lowest BCUT2D eigenvalue weighted by atomic mass is 9.96. The summed E-state index contributed by atoms with van der Waals surface area (Å²) in [6.45, 7) is 4.88. The minimum Gasteiger partial charge on any atom is -0.361 e. The zero-order valence-corrected chi connectivity index (χ0v) is 20.0. The first-order chi connectivity index (χ1) is 17.0. The number of rotatable bonds is 4. The minimum absolute atomic E-state index is 0.0361. The molecular formula is C27H27N5O3. The van der Waals surface area contributed by atoms with E-state index in [2.05, 4.69) is 32.1 Å². The Balaban J connectivity index is 1.41. The van der Waals surface area contributed by atoms with Gasteiger partial charge in [-0.1, -0.05) is 35.5 Å². The van der Waals surface area contributed by atoms with Crippen molar-refractivity contribution in [3.05, 3.63) is 82.4 Å². The molecule has 4 aromatic rings. The highest BCUT2D eigenvalue weighted by atomic mass is 16.5. The summed E-state index contributed by atoms with van der Waals surface area (Å²) in [6.07, 6.45) is 0.478. The van der Waals surface area contributed by atoms with E-state index in [9.17, 15) is 9.59 Å². The maximum Gasteiger partial charge on any atom is 0.257 e. The summed E-state index contributed by atoms with van der Waals surface area (Å²) in [5.74, 6) is 0.646. The zero-order valence-electron chi connectivity index (χ0n) is 20.0. The van der Waals surface area contributed by atoms with Crippen molar-refractivity contribution in [2.24, 2.45) is 0 Å². The molecule has 0 saturated carbocycles. The Labute approximate surface area is 203 Å². The van der Waals surface area contributed by atoms with Crippen LogP contribution in [0.3, 0.4) is 0 Å². The van der Waals surface area contributed by atoms with Crippen LogP contribution in [0.4, 0.5) is 5.69 Å². The van der Waals surface area contributed by atoms with Crippen LogP contribution in [0.25, 0.3) is 10.9 Å². The second kappa shape index (κ2) is 8.01. The van der Waals surface area contributed by atoms with Gasteiger partial charge < -0.3 is 24.2 Å². The predicted octanol–water partition coefficient (Wildman–Crippen LogP) is 3.71. The summed E-state index contributed by atoms with van der Waals surface area (Å²) in [7, 11) is 2.03. The molecule has 2 aromatic carbocycles.